The fourth-order valence-corrected chi connectivity index (χ4v) is 3.45. The summed E-state index contributed by atoms with van der Waals surface area (Å²) in [7, 11) is 5.58. The standard InChI is InChI=1S/C18H21N5O2S/c1-20-18(19)22-17(24)15-8-11-4-5-12(9-14(11)21-15)25-16-7-6-13(26-16)10-23(2)3/h4-9,21H,10H2,1-3H3,(H3,19,20,22,24). The summed E-state index contributed by atoms with van der Waals surface area (Å²) in [5.41, 5.74) is 6.75. The summed E-state index contributed by atoms with van der Waals surface area (Å²) in [5, 5.41) is 4.25. The average molecular weight is 371 g/mol. The number of aromatic amines is 1. The zero-order valence-corrected chi connectivity index (χ0v) is 15.7. The van der Waals surface area contributed by atoms with Gasteiger partial charge in [0, 0.05) is 35.4 Å². The van der Waals surface area contributed by atoms with Crippen LogP contribution in [0.15, 0.2) is 41.4 Å². The second kappa shape index (κ2) is 7.59. The van der Waals surface area contributed by atoms with E-state index in [-0.39, 0.29) is 11.9 Å². The van der Waals surface area contributed by atoms with Gasteiger partial charge in [-0.05, 0) is 44.4 Å². The summed E-state index contributed by atoms with van der Waals surface area (Å²) < 4.78 is 5.94. The number of guanidine groups is 1. The third-order valence-electron chi connectivity index (χ3n) is 3.65. The molecule has 26 heavy (non-hydrogen) atoms. The molecule has 0 saturated carbocycles. The SMILES string of the molecule is CN=C(N)NC(=O)c1cc2ccc(Oc3ccc(CN(C)C)s3)cc2[nH]1. The molecule has 0 saturated heterocycles. The molecule has 3 aromatic rings. The molecule has 0 bridgehead atoms. The zero-order chi connectivity index (χ0) is 18.7. The van der Waals surface area contributed by atoms with E-state index < -0.39 is 0 Å². The van der Waals surface area contributed by atoms with E-state index in [4.69, 9.17) is 10.5 Å². The Morgan fingerprint density at radius 3 is 2.85 bits per heavy atom. The molecule has 0 unspecified atom stereocenters. The summed E-state index contributed by atoms with van der Waals surface area (Å²) in [5.74, 6) is 0.446. The van der Waals surface area contributed by atoms with E-state index in [0.29, 0.717) is 11.4 Å². The first kappa shape index (κ1) is 18.0. The Morgan fingerprint density at radius 2 is 2.12 bits per heavy atom. The molecule has 1 aromatic carbocycles. The number of hydrogen-bond acceptors (Lipinski definition) is 5. The number of rotatable bonds is 5. The number of thiophene rings is 1. The number of carbonyl (C=O) groups is 1. The van der Waals surface area contributed by atoms with Gasteiger partial charge in [0.15, 0.2) is 11.0 Å². The molecule has 0 spiro atoms. The maximum Gasteiger partial charge on any atom is 0.274 e. The normalized spacial score (nSPS) is 11.9. The fourth-order valence-electron chi connectivity index (χ4n) is 2.46. The van der Waals surface area contributed by atoms with Gasteiger partial charge in [0.2, 0.25) is 0 Å². The lowest BCUT2D eigenvalue weighted by Crippen LogP contribution is -2.36. The second-order valence-corrected chi connectivity index (χ2v) is 7.19. The molecule has 7 nitrogen and oxygen atoms in total. The Bertz CT molecular complexity index is 958. The Morgan fingerprint density at radius 1 is 1.31 bits per heavy atom. The number of fused-ring (bicyclic) bond motifs is 1. The van der Waals surface area contributed by atoms with Crippen LogP contribution in [0, 0.1) is 0 Å². The smallest absolute Gasteiger partial charge is 0.274 e. The fraction of sp³-hybridized carbons (Fsp3) is 0.222. The Labute approximate surface area is 155 Å². The van der Waals surface area contributed by atoms with Crippen molar-refractivity contribution in [2.75, 3.05) is 21.1 Å². The average Bonchev–Trinajstić information content (AvgIpc) is 3.20. The van der Waals surface area contributed by atoms with Crippen molar-refractivity contribution in [1.29, 1.82) is 0 Å². The van der Waals surface area contributed by atoms with Crippen LogP contribution < -0.4 is 15.8 Å². The highest BCUT2D eigenvalue weighted by molar-refractivity contribution is 7.13. The van der Waals surface area contributed by atoms with Gasteiger partial charge in [0.1, 0.15) is 11.4 Å². The van der Waals surface area contributed by atoms with Crippen molar-refractivity contribution in [3.05, 3.63) is 47.0 Å². The number of amides is 1. The molecule has 0 aliphatic heterocycles. The molecule has 0 radical (unpaired) electrons. The molecule has 0 atom stereocenters. The number of H-pyrrole nitrogens is 1. The number of benzene rings is 1. The van der Waals surface area contributed by atoms with Gasteiger partial charge in [-0.25, -0.2) is 0 Å². The molecule has 0 fully saturated rings. The number of aliphatic imine (C=N–C) groups is 1. The summed E-state index contributed by atoms with van der Waals surface area (Å²) >= 11 is 1.62. The van der Waals surface area contributed by atoms with E-state index >= 15 is 0 Å². The number of ether oxygens (including phenoxy) is 1. The first-order valence-electron chi connectivity index (χ1n) is 8.02. The molecule has 2 heterocycles. The van der Waals surface area contributed by atoms with Gasteiger partial charge in [-0.15, -0.1) is 11.3 Å². The monoisotopic (exact) mass is 371 g/mol. The molecular formula is C18H21N5O2S. The van der Waals surface area contributed by atoms with Crippen molar-refractivity contribution < 1.29 is 9.53 Å². The highest BCUT2D eigenvalue weighted by Gasteiger charge is 2.11. The van der Waals surface area contributed by atoms with Gasteiger partial charge >= 0.3 is 0 Å². The Kier molecular flexibility index (Phi) is 5.24. The second-order valence-electron chi connectivity index (χ2n) is 6.06. The van der Waals surface area contributed by atoms with E-state index in [1.165, 1.54) is 11.9 Å². The number of aromatic nitrogens is 1. The predicted octanol–water partition coefficient (Wildman–Crippen LogP) is 2.76. The number of nitrogens with one attached hydrogen (secondary N) is 2. The molecule has 0 aliphatic carbocycles. The van der Waals surface area contributed by atoms with Gasteiger partial charge in [-0.2, -0.15) is 0 Å². The van der Waals surface area contributed by atoms with E-state index in [2.05, 4.69) is 26.3 Å². The number of nitrogens with zero attached hydrogens (tertiary/aromatic N) is 2. The molecule has 3 rings (SSSR count). The van der Waals surface area contributed by atoms with Crippen LogP contribution in [-0.4, -0.2) is 42.9 Å². The molecule has 2 aromatic heterocycles. The predicted molar refractivity (Wildman–Crippen MR) is 105 cm³/mol. The van der Waals surface area contributed by atoms with E-state index in [0.717, 1.165) is 22.5 Å². The quantitative estimate of drug-likeness (QED) is 0.475. The van der Waals surface area contributed by atoms with Crippen molar-refractivity contribution in [1.82, 2.24) is 15.2 Å². The lowest BCUT2D eigenvalue weighted by atomic mass is 10.2. The third kappa shape index (κ3) is 4.22. The zero-order valence-electron chi connectivity index (χ0n) is 14.9. The Balaban J connectivity index is 1.76. The topological polar surface area (TPSA) is 95.7 Å². The van der Waals surface area contributed by atoms with Gasteiger partial charge in [-0.1, -0.05) is 0 Å². The molecule has 8 heteroatoms. The first-order chi connectivity index (χ1) is 12.4. The van der Waals surface area contributed by atoms with Crippen LogP contribution in [0.1, 0.15) is 15.4 Å². The van der Waals surface area contributed by atoms with E-state index in [1.807, 2.05) is 38.4 Å². The van der Waals surface area contributed by atoms with Crippen LogP contribution >= 0.6 is 11.3 Å². The van der Waals surface area contributed by atoms with Crippen LogP contribution in [-0.2, 0) is 6.54 Å². The van der Waals surface area contributed by atoms with Crippen molar-refractivity contribution in [3.8, 4) is 10.8 Å². The maximum absolute atomic E-state index is 12.1. The maximum atomic E-state index is 12.1. The van der Waals surface area contributed by atoms with Crippen molar-refractivity contribution in [2.45, 2.75) is 6.54 Å². The van der Waals surface area contributed by atoms with Crippen molar-refractivity contribution in [2.24, 2.45) is 10.7 Å². The lowest BCUT2D eigenvalue weighted by Gasteiger charge is -2.06. The third-order valence-corrected chi connectivity index (χ3v) is 4.60. The molecule has 4 N–H and O–H groups in total. The number of nitrogens with two attached hydrogens (primary N) is 1. The van der Waals surface area contributed by atoms with Gasteiger partial charge in [0.25, 0.3) is 5.91 Å². The largest absolute Gasteiger partial charge is 0.447 e. The summed E-state index contributed by atoms with van der Waals surface area (Å²) in [6.45, 7) is 0.881. The van der Waals surface area contributed by atoms with Crippen LogP contribution in [0.25, 0.3) is 10.9 Å². The molecule has 136 valence electrons. The highest BCUT2D eigenvalue weighted by Crippen LogP contribution is 2.31. The van der Waals surface area contributed by atoms with E-state index in [1.54, 1.807) is 17.4 Å². The summed E-state index contributed by atoms with van der Waals surface area (Å²) in [6.07, 6.45) is 0. The highest BCUT2D eigenvalue weighted by atomic mass is 32.1. The first-order valence-corrected chi connectivity index (χ1v) is 8.84. The van der Waals surface area contributed by atoms with Crippen molar-refractivity contribution in [3.63, 3.8) is 0 Å². The van der Waals surface area contributed by atoms with Gasteiger partial charge in [-0.3, -0.25) is 15.1 Å². The van der Waals surface area contributed by atoms with Crippen LogP contribution in [0.5, 0.6) is 10.8 Å². The molecule has 1 amide bonds. The van der Waals surface area contributed by atoms with Crippen LogP contribution in [0.2, 0.25) is 0 Å². The summed E-state index contributed by atoms with van der Waals surface area (Å²) in [4.78, 5) is 22.3. The number of hydrogen-bond donors (Lipinski definition) is 3. The lowest BCUT2D eigenvalue weighted by molar-refractivity contribution is 0.0972. The molecular weight excluding hydrogens is 350 g/mol. The van der Waals surface area contributed by atoms with Gasteiger partial charge < -0.3 is 20.4 Å². The van der Waals surface area contributed by atoms with E-state index in [9.17, 15) is 4.79 Å². The van der Waals surface area contributed by atoms with Gasteiger partial charge in [0.05, 0.1) is 0 Å². The minimum Gasteiger partial charge on any atom is -0.447 e. The van der Waals surface area contributed by atoms with Crippen molar-refractivity contribution >= 4 is 34.1 Å². The van der Waals surface area contributed by atoms with Crippen LogP contribution in [0.4, 0.5) is 0 Å². The van der Waals surface area contributed by atoms with Crippen LogP contribution in [0.3, 0.4) is 0 Å². The number of carbonyl (C=O) groups excluding carboxylic acids is 1. The Hall–Kier alpha value is -2.84. The minimum atomic E-state index is -0.335. The summed E-state index contributed by atoms with van der Waals surface area (Å²) in [6, 6.07) is 11.4. The molecule has 0 aliphatic rings. The minimum absolute atomic E-state index is 0.0731.